The average molecular weight is 327 g/mol. The highest BCUT2D eigenvalue weighted by Crippen LogP contribution is 2.31. The van der Waals surface area contributed by atoms with Crippen LogP contribution < -0.4 is 0 Å². The Kier molecular flexibility index (Phi) is 4.30. The lowest BCUT2D eigenvalue weighted by Crippen LogP contribution is -2.28. The Morgan fingerprint density at radius 1 is 1.00 bits per heavy atom. The molecule has 24 heavy (non-hydrogen) atoms. The molecule has 126 valence electrons. The maximum absolute atomic E-state index is 12.5. The Labute approximate surface area is 140 Å². The fourth-order valence-electron chi connectivity index (χ4n) is 3.43. The van der Waals surface area contributed by atoms with Gasteiger partial charge >= 0.3 is 0 Å². The summed E-state index contributed by atoms with van der Waals surface area (Å²) in [7, 11) is 0. The summed E-state index contributed by atoms with van der Waals surface area (Å²) in [5.74, 6) is 1.91. The normalized spacial score (nSPS) is 22.0. The molecule has 0 aliphatic carbocycles. The van der Waals surface area contributed by atoms with Gasteiger partial charge in [0.1, 0.15) is 0 Å². The van der Waals surface area contributed by atoms with Crippen LogP contribution in [-0.2, 0) is 4.74 Å². The summed E-state index contributed by atoms with van der Waals surface area (Å²) in [6.07, 6.45) is 2.74. The van der Waals surface area contributed by atoms with Crippen molar-refractivity contribution in [2.24, 2.45) is 0 Å². The number of hydrogen-bond acceptors (Lipinski definition) is 5. The zero-order valence-corrected chi connectivity index (χ0v) is 13.6. The highest BCUT2D eigenvalue weighted by molar-refractivity contribution is 5.94. The number of carbonyl (C=O) groups is 1. The van der Waals surface area contributed by atoms with Crippen molar-refractivity contribution < 1.29 is 13.9 Å². The van der Waals surface area contributed by atoms with Gasteiger partial charge in [-0.1, -0.05) is 18.2 Å². The van der Waals surface area contributed by atoms with Crippen LogP contribution in [0.15, 0.2) is 34.7 Å². The topological polar surface area (TPSA) is 68.5 Å². The van der Waals surface area contributed by atoms with Crippen LogP contribution >= 0.6 is 0 Å². The maximum Gasteiger partial charge on any atom is 0.253 e. The van der Waals surface area contributed by atoms with Gasteiger partial charge in [0.25, 0.3) is 5.91 Å². The van der Waals surface area contributed by atoms with E-state index in [0.29, 0.717) is 18.4 Å². The van der Waals surface area contributed by atoms with Crippen molar-refractivity contribution in [2.45, 2.75) is 31.1 Å². The van der Waals surface area contributed by atoms with E-state index < -0.39 is 0 Å². The highest BCUT2D eigenvalue weighted by Gasteiger charge is 2.32. The molecule has 2 aromatic rings. The van der Waals surface area contributed by atoms with Gasteiger partial charge in [-0.15, -0.1) is 10.2 Å². The predicted octanol–water partition coefficient (Wildman–Crippen LogP) is 2.59. The molecule has 1 aromatic heterocycles. The molecular weight excluding hydrogens is 306 g/mol. The third kappa shape index (κ3) is 3.06. The molecule has 0 N–H and O–H groups in total. The first-order valence-corrected chi connectivity index (χ1v) is 8.56. The molecule has 2 fully saturated rings. The molecule has 6 heteroatoms. The summed E-state index contributed by atoms with van der Waals surface area (Å²) in [6, 6.07) is 9.40. The van der Waals surface area contributed by atoms with Crippen LogP contribution in [0.5, 0.6) is 0 Å². The number of benzene rings is 1. The second-order valence-corrected chi connectivity index (χ2v) is 6.47. The van der Waals surface area contributed by atoms with Crippen LogP contribution in [-0.4, -0.2) is 47.3 Å². The Morgan fingerprint density at radius 2 is 1.71 bits per heavy atom. The van der Waals surface area contributed by atoms with E-state index in [1.54, 1.807) is 0 Å². The minimum atomic E-state index is 0.0715. The molecule has 2 aliphatic heterocycles. The van der Waals surface area contributed by atoms with Crippen molar-refractivity contribution in [3.8, 4) is 0 Å². The van der Waals surface area contributed by atoms with Crippen molar-refractivity contribution in [3.05, 3.63) is 47.7 Å². The minimum absolute atomic E-state index is 0.0715. The smallest absolute Gasteiger partial charge is 0.253 e. The average Bonchev–Trinajstić information content (AvgIpc) is 3.32. The fraction of sp³-hybridized carbons (Fsp3) is 0.500. The third-order valence-electron chi connectivity index (χ3n) is 4.87. The van der Waals surface area contributed by atoms with Crippen LogP contribution in [0.3, 0.4) is 0 Å². The zero-order chi connectivity index (χ0) is 16.4. The molecule has 0 bridgehead atoms. The molecular formula is C18H21N3O3. The van der Waals surface area contributed by atoms with Gasteiger partial charge in [-0.2, -0.15) is 0 Å². The molecule has 0 saturated carbocycles. The molecule has 4 rings (SSSR count). The second kappa shape index (κ2) is 6.73. The van der Waals surface area contributed by atoms with E-state index >= 15 is 0 Å². The number of likely N-dealkylation sites (tertiary alicyclic amines) is 1. The highest BCUT2D eigenvalue weighted by atomic mass is 16.5. The number of rotatable bonds is 3. The predicted molar refractivity (Wildman–Crippen MR) is 86.8 cm³/mol. The monoisotopic (exact) mass is 327 g/mol. The zero-order valence-electron chi connectivity index (χ0n) is 13.6. The Balaban J connectivity index is 1.41. The van der Waals surface area contributed by atoms with Crippen molar-refractivity contribution in [2.75, 3.05) is 26.3 Å². The van der Waals surface area contributed by atoms with Gasteiger partial charge in [-0.3, -0.25) is 4.79 Å². The summed E-state index contributed by atoms with van der Waals surface area (Å²) in [4.78, 5) is 14.4. The van der Waals surface area contributed by atoms with Crippen LogP contribution in [0.4, 0.5) is 0 Å². The van der Waals surface area contributed by atoms with E-state index in [1.165, 1.54) is 0 Å². The number of amides is 1. The van der Waals surface area contributed by atoms with E-state index in [1.807, 2.05) is 35.2 Å². The first-order chi connectivity index (χ1) is 11.8. The summed E-state index contributed by atoms with van der Waals surface area (Å²) in [5.41, 5.74) is 0.728. The molecule has 3 heterocycles. The number of carbonyl (C=O) groups excluding carboxylic acids is 1. The molecule has 1 atom stereocenters. The Morgan fingerprint density at radius 3 is 2.46 bits per heavy atom. The fourth-order valence-corrected chi connectivity index (χ4v) is 3.43. The van der Waals surface area contributed by atoms with Gasteiger partial charge in [0.15, 0.2) is 0 Å². The third-order valence-corrected chi connectivity index (χ3v) is 4.87. The van der Waals surface area contributed by atoms with Crippen LogP contribution in [0, 0.1) is 0 Å². The minimum Gasteiger partial charge on any atom is -0.425 e. The van der Waals surface area contributed by atoms with Crippen LogP contribution in [0.1, 0.15) is 53.2 Å². The summed E-state index contributed by atoms with van der Waals surface area (Å²) in [5, 5.41) is 8.48. The van der Waals surface area contributed by atoms with Gasteiger partial charge in [-0.05, 0) is 31.4 Å². The van der Waals surface area contributed by atoms with E-state index in [0.717, 1.165) is 50.5 Å². The number of nitrogens with zero attached hydrogens (tertiary/aromatic N) is 3. The number of hydrogen-bond donors (Lipinski definition) is 0. The standard InChI is InChI=1S/C18H21N3O3/c22-18(14-4-2-1-3-5-14)21-9-6-15(12-21)17-20-19-16(24-17)13-7-10-23-11-8-13/h1-5,13,15H,6-12H2. The van der Waals surface area contributed by atoms with Crippen LogP contribution in [0.2, 0.25) is 0 Å². The molecule has 0 radical (unpaired) electrons. The molecule has 6 nitrogen and oxygen atoms in total. The van der Waals surface area contributed by atoms with E-state index in [9.17, 15) is 4.79 Å². The van der Waals surface area contributed by atoms with Crippen molar-refractivity contribution in [1.29, 1.82) is 0 Å². The summed E-state index contributed by atoms with van der Waals surface area (Å²) < 4.78 is 11.3. The SMILES string of the molecule is O=C(c1ccccc1)N1CCC(c2nnc(C3CCOCC3)o2)C1. The lowest BCUT2D eigenvalue weighted by molar-refractivity contribution is 0.0780. The number of aromatic nitrogens is 2. The van der Waals surface area contributed by atoms with Gasteiger partial charge in [0, 0.05) is 37.8 Å². The lowest BCUT2D eigenvalue weighted by Gasteiger charge is -2.18. The van der Waals surface area contributed by atoms with Crippen molar-refractivity contribution in [3.63, 3.8) is 0 Å². The van der Waals surface area contributed by atoms with Crippen LogP contribution in [0.25, 0.3) is 0 Å². The van der Waals surface area contributed by atoms with Gasteiger partial charge in [-0.25, -0.2) is 0 Å². The molecule has 1 amide bonds. The largest absolute Gasteiger partial charge is 0.425 e. The second-order valence-electron chi connectivity index (χ2n) is 6.47. The first-order valence-electron chi connectivity index (χ1n) is 8.56. The van der Waals surface area contributed by atoms with E-state index in [4.69, 9.17) is 9.15 Å². The molecule has 1 unspecified atom stereocenters. The van der Waals surface area contributed by atoms with Gasteiger partial charge < -0.3 is 14.1 Å². The van der Waals surface area contributed by atoms with Crippen molar-refractivity contribution >= 4 is 5.91 Å². The maximum atomic E-state index is 12.5. The Bertz CT molecular complexity index is 695. The first kappa shape index (κ1) is 15.3. The van der Waals surface area contributed by atoms with E-state index in [-0.39, 0.29) is 11.8 Å². The Hall–Kier alpha value is -2.21. The number of ether oxygens (including phenoxy) is 1. The van der Waals surface area contributed by atoms with Gasteiger partial charge in [0.2, 0.25) is 11.8 Å². The lowest BCUT2D eigenvalue weighted by atomic mass is 10.0. The molecule has 2 saturated heterocycles. The quantitative estimate of drug-likeness (QED) is 0.867. The molecule has 0 spiro atoms. The summed E-state index contributed by atoms with van der Waals surface area (Å²) >= 11 is 0. The van der Waals surface area contributed by atoms with Crippen molar-refractivity contribution in [1.82, 2.24) is 15.1 Å². The van der Waals surface area contributed by atoms with Gasteiger partial charge in [0.05, 0.1) is 5.92 Å². The molecule has 1 aromatic carbocycles. The summed E-state index contributed by atoms with van der Waals surface area (Å²) in [6.45, 7) is 2.88. The molecule has 2 aliphatic rings. The van der Waals surface area contributed by atoms with E-state index in [2.05, 4.69) is 10.2 Å².